The van der Waals surface area contributed by atoms with Crippen molar-refractivity contribution in [3.8, 4) is 17.2 Å². The van der Waals surface area contributed by atoms with Crippen molar-refractivity contribution < 1.29 is 14.2 Å². The molecule has 154 valence electrons. The maximum Gasteiger partial charge on any atom is 0.118 e. The molecule has 0 N–H and O–H groups in total. The fourth-order valence-corrected chi connectivity index (χ4v) is 3.43. The Morgan fingerprint density at radius 2 is 1.10 bits per heavy atom. The van der Waals surface area contributed by atoms with Crippen molar-refractivity contribution in [2.24, 2.45) is 0 Å². The van der Waals surface area contributed by atoms with Gasteiger partial charge in [0.05, 0.1) is 21.3 Å². The first-order valence-electron chi connectivity index (χ1n) is 9.94. The van der Waals surface area contributed by atoms with Crippen molar-refractivity contribution in [2.75, 3.05) is 21.3 Å². The number of hydrogen-bond donors (Lipinski definition) is 0. The zero-order valence-corrected chi connectivity index (χ0v) is 17.8. The number of methoxy groups -OCH3 is 3. The average Bonchev–Trinajstić information content (AvgIpc) is 2.82. The third kappa shape index (κ3) is 5.12. The molecule has 1 atom stereocenters. The van der Waals surface area contributed by atoms with Gasteiger partial charge in [0.2, 0.25) is 0 Å². The molecular weight excluding hydrogens is 372 g/mol. The van der Waals surface area contributed by atoms with E-state index < -0.39 is 0 Å². The molecule has 0 spiro atoms. The van der Waals surface area contributed by atoms with Gasteiger partial charge >= 0.3 is 0 Å². The van der Waals surface area contributed by atoms with E-state index in [-0.39, 0.29) is 5.92 Å². The summed E-state index contributed by atoms with van der Waals surface area (Å²) in [6, 6.07) is 24.5. The van der Waals surface area contributed by atoms with E-state index in [4.69, 9.17) is 14.2 Å². The molecule has 0 aromatic heterocycles. The van der Waals surface area contributed by atoms with Crippen LogP contribution < -0.4 is 14.2 Å². The van der Waals surface area contributed by atoms with Crippen LogP contribution in [0, 0.1) is 0 Å². The predicted octanol–water partition coefficient (Wildman–Crippen LogP) is 6.50. The minimum Gasteiger partial charge on any atom is -0.497 e. The van der Waals surface area contributed by atoms with Crippen molar-refractivity contribution in [3.05, 3.63) is 108 Å². The maximum atomic E-state index is 5.33. The quantitative estimate of drug-likeness (QED) is 0.384. The summed E-state index contributed by atoms with van der Waals surface area (Å²) >= 11 is 0. The van der Waals surface area contributed by atoms with Crippen molar-refractivity contribution in [1.29, 1.82) is 0 Å². The number of allylic oxidation sites excluding steroid dienone is 2. The largest absolute Gasteiger partial charge is 0.497 e. The standard InChI is InChI=1S/C27H28O3/c1-5-6-23(20-7-13-24(28-2)14-8-20)19-27(21-9-15-25(29-3)16-10-21)22-11-17-26(30-4)18-12-22/h5,7-19,23H,1,6H2,2-4H3. The van der Waals surface area contributed by atoms with Crippen LogP contribution in [0.1, 0.15) is 29.0 Å². The smallest absolute Gasteiger partial charge is 0.118 e. The van der Waals surface area contributed by atoms with Crippen LogP contribution in [0.3, 0.4) is 0 Å². The van der Waals surface area contributed by atoms with Crippen LogP contribution in [0.15, 0.2) is 91.5 Å². The second kappa shape index (κ2) is 10.4. The molecule has 3 nitrogen and oxygen atoms in total. The van der Waals surface area contributed by atoms with E-state index >= 15 is 0 Å². The van der Waals surface area contributed by atoms with Crippen LogP contribution in [-0.2, 0) is 0 Å². The topological polar surface area (TPSA) is 27.7 Å². The molecule has 0 heterocycles. The summed E-state index contributed by atoms with van der Waals surface area (Å²) in [6.07, 6.45) is 5.11. The lowest BCUT2D eigenvalue weighted by molar-refractivity contribution is 0.414. The minimum absolute atomic E-state index is 0.188. The van der Waals surface area contributed by atoms with Crippen molar-refractivity contribution >= 4 is 5.57 Å². The Balaban J connectivity index is 2.08. The number of benzene rings is 3. The highest BCUT2D eigenvalue weighted by molar-refractivity contribution is 5.81. The van der Waals surface area contributed by atoms with Gasteiger partial charge in [0.1, 0.15) is 17.2 Å². The SMILES string of the molecule is C=CCC(C=C(c1ccc(OC)cc1)c1ccc(OC)cc1)c1ccc(OC)cc1. The lowest BCUT2D eigenvalue weighted by atomic mass is 9.88. The Kier molecular flexibility index (Phi) is 7.34. The predicted molar refractivity (Wildman–Crippen MR) is 124 cm³/mol. The molecule has 0 aliphatic rings. The molecule has 0 saturated carbocycles. The average molecular weight is 401 g/mol. The first-order chi connectivity index (χ1) is 14.7. The number of hydrogen-bond acceptors (Lipinski definition) is 3. The van der Waals surface area contributed by atoms with E-state index in [2.05, 4.69) is 49.1 Å². The first kappa shape index (κ1) is 21.3. The molecule has 1 unspecified atom stereocenters. The zero-order valence-electron chi connectivity index (χ0n) is 17.8. The summed E-state index contributed by atoms with van der Waals surface area (Å²) in [5.41, 5.74) is 4.63. The van der Waals surface area contributed by atoms with Gasteiger partial charge in [-0.15, -0.1) is 6.58 Å². The van der Waals surface area contributed by atoms with Gasteiger partial charge in [-0.3, -0.25) is 0 Å². The van der Waals surface area contributed by atoms with E-state index in [1.54, 1.807) is 21.3 Å². The first-order valence-corrected chi connectivity index (χ1v) is 9.94. The summed E-state index contributed by atoms with van der Waals surface area (Å²) < 4.78 is 16.0. The molecule has 0 radical (unpaired) electrons. The second-order valence-electron chi connectivity index (χ2n) is 6.94. The van der Waals surface area contributed by atoms with E-state index in [1.165, 1.54) is 5.56 Å². The highest BCUT2D eigenvalue weighted by Gasteiger charge is 2.13. The molecule has 3 heteroatoms. The summed E-state index contributed by atoms with van der Waals surface area (Å²) in [5, 5.41) is 0. The van der Waals surface area contributed by atoms with Gasteiger partial charge in [0.25, 0.3) is 0 Å². The molecule has 0 fully saturated rings. The lowest BCUT2D eigenvalue weighted by Crippen LogP contribution is -1.98. The highest BCUT2D eigenvalue weighted by atomic mass is 16.5. The lowest BCUT2D eigenvalue weighted by Gasteiger charge is -2.17. The van der Waals surface area contributed by atoms with Crippen LogP contribution in [-0.4, -0.2) is 21.3 Å². The van der Waals surface area contributed by atoms with E-state index in [0.29, 0.717) is 0 Å². The van der Waals surface area contributed by atoms with E-state index in [9.17, 15) is 0 Å². The monoisotopic (exact) mass is 400 g/mol. The Bertz CT molecular complexity index is 919. The molecule has 3 aromatic rings. The molecular formula is C27H28O3. The van der Waals surface area contributed by atoms with Crippen LogP contribution in [0.4, 0.5) is 0 Å². The third-order valence-corrected chi connectivity index (χ3v) is 5.13. The van der Waals surface area contributed by atoms with Crippen LogP contribution in [0.25, 0.3) is 5.57 Å². The zero-order chi connectivity index (χ0) is 21.3. The van der Waals surface area contributed by atoms with Crippen LogP contribution in [0.5, 0.6) is 17.2 Å². The molecule has 0 bridgehead atoms. The van der Waals surface area contributed by atoms with Gasteiger partial charge in [0, 0.05) is 5.92 Å². The molecule has 0 aliphatic heterocycles. The van der Waals surface area contributed by atoms with Crippen LogP contribution >= 0.6 is 0 Å². The Labute approximate surface area is 179 Å². The fraction of sp³-hybridized carbons (Fsp3) is 0.185. The number of ether oxygens (including phenoxy) is 3. The number of rotatable bonds is 9. The third-order valence-electron chi connectivity index (χ3n) is 5.13. The second-order valence-corrected chi connectivity index (χ2v) is 6.94. The molecule has 0 saturated heterocycles. The van der Waals surface area contributed by atoms with Gasteiger partial charge in [-0.1, -0.05) is 48.6 Å². The Morgan fingerprint density at radius 3 is 1.47 bits per heavy atom. The highest BCUT2D eigenvalue weighted by Crippen LogP contribution is 2.33. The van der Waals surface area contributed by atoms with E-state index in [1.807, 2.05) is 42.5 Å². The molecule has 3 rings (SSSR count). The normalized spacial score (nSPS) is 11.3. The molecule has 0 aliphatic carbocycles. The molecule has 30 heavy (non-hydrogen) atoms. The summed E-state index contributed by atoms with van der Waals surface area (Å²) in [7, 11) is 5.04. The molecule has 0 amide bonds. The summed E-state index contributed by atoms with van der Waals surface area (Å²) in [5.74, 6) is 2.72. The fourth-order valence-electron chi connectivity index (χ4n) is 3.43. The van der Waals surface area contributed by atoms with Gasteiger partial charge in [-0.2, -0.15) is 0 Å². The van der Waals surface area contributed by atoms with Gasteiger partial charge in [0.15, 0.2) is 0 Å². The van der Waals surface area contributed by atoms with Gasteiger partial charge in [-0.25, -0.2) is 0 Å². The van der Waals surface area contributed by atoms with E-state index in [0.717, 1.165) is 40.4 Å². The van der Waals surface area contributed by atoms with Gasteiger partial charge < -0.3 is 14.2 Å². The van der Waals surface area contributed by atoms with Crippen molar-refractivity contribution in [1.82, 2.24) is 0 Å². The van der Waals surface area contributed by atoms with Gasteiger partial charge in [-0.05, 0) is 65.1 Å². The van der Waals surface area contributed by atoms with Crippen LogP contribution in [0.2, 0.25) is 0 Å². The maximum absolute atomic E-state index is 5.33. The Hall–Kier alpha value is -3.46. The van der Waals surface area contributed by atoms with Crippen molar-refractivity contribution in [2.45, 2.75) is 12.3 Å². The summed E-state index contributed by atoms with van der Waals surface area (Å²) in [6.45, 7) is 3.97. The molecule has 3 aromatic carbocycles. The summed E-state index contributed by atoms with van der Waals surface area (Å²) in [4.78, 5) is 0. The minimum atomic E-state index is 0.188. The Morgan fingerprint density at radius 1 is 0.700 bits per heavy atom. The van der Waals surface area contributed by atoms with Crippen molar-refractivity contribution in [3.63, 3.8) is 0 Å².